The molecule has 147 heavy (non-hydrogen) atoms. The number of nitrogens with zero attached hydrogens (tertiary/aromatic N) is 12. The van der Waals surface area contributed by atoms with E-state index in [0.29, 0.717) is 47.3 Å². The highest BCUT2D eigenvalue weighted by molar-refractivity contribution is 6.14. The van der Waals surface area contributed by atoms with E-state index in [0.717, 1.165) is 151 Å². The summed E-state index contributed by atoms with van der Waals surface area (Å²) >= 11 is 0. The number of para-hydroxylation sites is 12. The number of fused-ring (bicyclic) bond motifs is 16. The molecule has 16 heteroatoms. The molecule has 0 saturated carbocycles. The Morgan fingerprint density at radius 2 is 0.551 bits per heavy atom. The summed E-state index contributed by atoms with van der Waals surface area (Å²) in [6, 6.07) is 89.4. The molecule has 0 radical (unpaired) electrons. The van der Waals surface area contributed by atoms with Crippen molar-refractivity contribution in [1.82, 2.24) is 38.2 Å². The molecule has 0 saturated heterocycles. The van der Waals surface area contributed by atoms with Crippen LogP contribution in [0.5, 0.6) is 0 Å². The Kier molecular flexibility index (Phi) is 25.4. The molecule has 0 amide bonds. The molecule has 0 aliphatic rings. The van der Waals surface area contributed by atoms with Gasteiger partial charge in [-0.25, -0.2) is 18.3 Å². The molecule has 0 atom stereocenters. The van der Waals surface area contributed by atoms with Gasteiger partial charge in [0.05, 0.1) is 28.2 Å². The zero-order valence-corrected chi connectivity index (χ0v) is 90.1. The van der Waals surface area contributed by atoms with Gasteiger partial charge < -0.3 is 17.7 Å². The molecule has 738 valence electrons. The van der Waals surface area contributed by atoms with Crippen LogP contribution in [0.4, 0.5) is 0 Å². The van der Waals surface area contributed by atoms with Crippen LogP contribution >= 0.6 is 0 Å². The van der Waals surface area contributed by atoms with Crippen LogP contribution in [-0.2, 0) is 28.2 Å². The van der Waals surface area contributed by atoms with Crippen molar-refractivity contribution >= 4 is 132 Å². The summed E-state index contributed by atoms with van der Waals surface area (Å²) in [6.07, 6.45) is 7.36. The number of imidazole rings is 4. The first-order valence-electron chi connectivity index (χ1n) is 52.4. The monoisotopic (exact) mass is 1940 g/mol. The number of furan rings is 4. The van der Waals surface area contributed by atoms with Gasteiger partial charge in [-0.3, -0.25) is 19.9 Å². The van der Waals surface area contributed by atoms with E-state index in [4.69, 9.17) is 22.7 Å². The van der Waals surface area contributed by atoms with Crippen molar-refractivity contribution in [1.29, 1.82) is 0 Å². The standard InChI is InChI=1S/C34H36N3O.C33H34N3O.2C32H32N3O/c1-19(2)24-12-11-13-25(20(3)4)32(24)37-28-15-10-9-14-27(28)36(8)34(37)30-21(5)16-17-26-31-23(7)35-22(6)18-29(31)38-33(26)30;1-19(2)23-11-10-12-24(20(3)4)31(23)36-27-14-9-8-13-26(27)35(7)33(36)29-21(5)15-16-25-30-22(6)34-18-17-28(30)37-32(25)29;1-19(2)22-11-9-12-23(20(3)4)30(22)35-26-14-8-7-13-25(26)34(6)32(35)28-21(5)16-17-24-29-27(36-31(24)28)15-10-18-33-29;1-19(2)22-10-9-11-23(20(3)4)30(22)35-27-13-8-7-12-26(27)34(6)32(35)29-21(5)14-15-24-25-18-33-17-16-28(25)36-31(24)29/h9-20H,1-8H3;8-20H,1-7H3;2*7-20H,1-6H3/q4*+1. The second-order valence-electron chi connectivity index (χ2n) is 42.9. The molecular weight excluding hydrogens is 1810 g/mol. The number of hydrogen-bond acceptors (Lipinski definition) is 8. The van der Waals surface area contributed by atoms with Crippen molar-refractivity contribution < 1.29 is 35.9 Å². The second-order valence-corrected chi connectivity index (χ2v) is 42.9. The van der Waals surface area contributed by atoms with Crippen molar-refractivity contribution in [3.63, 3.8) is 0 Å². The summed E-state index contributed by atoms with van der Waals surface area (Å²) in [4.78, 5) is 18.3. The molecule has 16 nitrogen and oxygen atoms in total. The molecule has 12 heterocycles. The lowest BCUT2D eigenvalue weighted by Crippen LogP contribution is -2.30. The number of aromatic nitrogens is 12. The van der Waals surface area contributed by atoms with Crippen molar-refractivity contribution in [2.24, 2.45) is 28.2 Å². The van der Waals surface area contributed by atoms with Gasteiger partial charge in [-0.05, 0) is 197 Å². The van der Waals surface area contributed by atoms with Gasteiger partial charge in [0, 0.05) is 130 Å². The number of benzene rings is 12. The predicted octanol–water partition coefficient (Wildman–Crippen LogP) is 32.8. The normalized spacial score (nSPS) is 12.1. The van der Waals surface area contributed by atoms with E-state index in [1.165, 1.54) is 134 Å². The van der Waals surface area contributed by atoms with Gasteiger partial charge in [0.25, 0.3) is 23.3 Å². The zero-order valence-electron chi connectivity index (χ0n) is 90.1. The van der Waals surface area contributed by atoms with E-state index < -0.39 is 0 Å². The topological polar surface area (TPSA) is 139 Å². The lowest BCUT2D eigenvalue weighted by Gasteiger charge is -2.18. The van der Waals surface area contributed by atoms with Gasteiger partial charge in [-0.2, -0.15) is 18.3 Å². The fourth-order valence-corrected chi connectivity index (χ4v) is 23.4. The molecule has 0 aliphatic heterocycles. The van der Waals surface area contributed by atoms with E-state index >= 15 is 0 Å². The summed E-state index contributed by atoms with van der Waals surface area (Å²) in [5, 5.41) is 7.60. The Morgan fingerprint density at radius 1 is 0.252 bits per heavy atom. The molecule has 12 aromatic heterocycles. The SMILES string of the molecule is Cc1cc2oc3c(-c4n(-c5c(C(C)C)cccc5C(C)C)c5ccccc5[n+]4C)c(C)ccc3c2c(C)n1.Cc1ccc2c(oc3cccnc32)c1-c1n(-c2c(C(C)C)cccc2C(C)C)c2ccccc2[n+]1C.Cc1ccc2c(oc3ccnc(C)c32)c1-c1n(-c2c(C(C)C)cccc2C(C)C)c2ccccc2[n+]1C.Cc1ccc2c(oc3ccncc32)c1-c1n(-c2c(C(C)C)cccc2C(C)C)c2ccccc2[n+]1C. The molecule has 12 aromatic carbocycles. The number of rotatable bonds is 16. The minimum absolute atomic E-state index is 0.378. The molecule has 0 N–H and O–H groups in total. The largest absolute Gasteiger partial charge is 0.455 e. The maximum absolute atomic E-state index is 6.71. The summed E-state index contributed by atoms with van der Waals surface area (Å²) in [5.74, 6) is 7.54. The van der Waals surface area contributed by atoms with E-state index in [2.05, 4.69) is 456 Å². The summed E-state index contributed by atoms with van der Waals surface area (Å²) in [6.45, 7) is 51.5. The molecule has 0 spiro atoms. The van der Waals surface area contributed by atoms with E-state index in [9.17, 15) is 0 Å². The first-order chi connectivity index (χ1) is 70.7. The maximum Gasteiger partial charge on any atom is 0.299 e. The number of aryl methyl sites for hydroxylation is 11. The van der Waals surface area contributed by atoms with Crippen LogP contribution in [-0.4, -0.2) is 38.2 Å². The Labute approximate surface area is 860 Å². The summed E-state index contributed by atoms with van der Waals surface area (Å²) < 4.78 is 45.7. The van der Waals surface area contributed by atoms with Crippen molar-refractivity contribution in [2.45, 2.75) is 207 Å². The molecule has 0 bridgehead atoms. The average Bonchev–Trinajstić information content (AvgIpc) is 1.57. The number of hydrogen-bond donors (Lipinski definition) is 0. The highest BCUT2D eigenvalue weighted by Gasteiger charge is 2.41. The third kappa shape index (κ3) is 16.2. The molecule has 0 fully saturated rings. The fraction of sp³-hybridized carbons (Fsp3) is 0.267. The highest BCUT2D eigenvalue weighted by atomic mass is 16.3. The van der Waals surface area contributed by atoms with Gasteiger partial charge in [0.2, 0.25) is 0 Å². The predicted molar refractivity (Wildman–Crippen MR) is 606 cm³/mol. The van der Waals surface area contributed by atoms with Gasteiger partial charge >= 0.3 is 0 Å². The Hall–Kier alpha value is -15.7. The smallest absolute Gasteiger partial charge is 0.299 e. The van der Waals surface area contributed by atoms with Crippen molar-refractivity contribution in [2.75, 3.05) is 0 Å². The van der Waals surface area contributed by atoms with Crippen LogP contribution < -0.4 is 18.3 Å². The van der Waals surface area contributed by atoms with Gasteiger partial charge in [0.15, 0.2) is 72.0 Å². The summed E-state index contributed by atoms with van der Waals surface area (Å²) in [7, 11) is 8.69. The Bertz CT molecular complexity index is 8990. The Balaban J connectivity index is 0.000000115. The van der Waals surface area contributed by atoms with E-state index in [-0.39, 0.29) is 0 Å². The minimum Gasteiger partial charge on any atom is -0.455 e. The fourth-order valence-electron chi connectivity index (χ4n) is 23.4. The van der Waals surface area contributed by atoms with Gasteiger partial charge in [0.1, 0.15) is 67.3 Å². The lowest BCUT2D eigenvalue weighted by molar-refractivity contribution is -0.633. The third-order valence-electron chi connectivity index (χ3n) is 30.6. The zero-order chi connectivity index (χ0) is 103. The maximum atomic E-state index is 6.71. The van der Waals surface area contributed by atoms with E-state index in [1.807, 2.05) is 49.8 Å². The molecule has 0 aliphatic carbocycles. The van der Waals surface area contributed by atoms with Crippen LogP contribution in [0.15, 0.2) is 291 Å². The summed E-state index contributed by atoms with van der Waals surface area (Å²) in [5.41, 5.74) is 45.6. The van der Waals surface area contributed by atoms with Crippen LogP contribution in [0.2, 0.25) is 0 Å². The minimum atomic E-state index is 0.378. The van der Waals surface area contributed by atoms with Crippen molar-refractivity contribution in [3.05, 3.63) is 357 Å². The first kappa shape index (κ1) is 97.4. The van der Waals surface area contributed by atoms with Crippen LogP contribution in [0.3, 0.4) is 0 Å². The van der Waals surface area contributed by atoms with Crippen LogP contribution in [0.1, 0.15) is 242 Å². The Morgan fingerprint density at radius 3 is 0.912 bits per heavy atom. The molecule has 24 aromatic rings. The molecule has 24 rings (SSSR count). The first-order valence-corrected chi connectivity index (χ1v) is 52.4. The van der Waals surface area contributed by atoms with Gasteiger partial charge in [-0.15, -0.1) is 0 Å². The number of pyridine rings is 4. The van der Waals surface area contributed by atoms with Crippen molar-refractivity contribution in [3.8, 4) is 68.3 Å². The van der Waals surface area contributed by atoms with E-state index in [1.54, 1.807) is 6.20 Å². The second kappa shape index (κ2) is 38.4. The van der Waals surface area contributed by atoms with Crippen LogP contribution in [0.25, 0.3) is 200 Å². The lowest BCUT2D eigenvalue weighted by atomic mass is 9.92. The highest BCUT2D eigenvalue weighted by Crippen LogP contribution is 2.50. The molecular formula is C131H134N12O4+4. The quantitative estimate of drug-likeness (QED) is 0.0872. The van der Waals surface area contributed by atoms with Crippen LogP contribution in [0, 0.1) is 48.5 Å². The van der Waals surface area contributed by atoms with Gasteiger partial charge in [-0.1, -0.05) is 275 Å². The third-order valence-corrected chi connectivity index (χ3v) is 30.6. The molecule has 0 unspecified atom stereocenters. The average molecular weight is 1940 g/mol.